The van der Waals surface area contributed by atoms with Gasteiger partial charge < -0.3 is 9.47 Å². The summed E-state index contributed by atoms with van der Waals surface area (Å²) in [6, 6.07) is 7.32. The second-order valence-electron chi connectivity index (χ2n) is 4.10. The van der Waals surface area contributed by atoms with E-state index in [0.29, 0.717) is 12.8 Å². The number of carbonyl (C=O) groups excluding carboxylic acids is 2. The molecule has 0 bridgehead atoms. The summed E-state index contributed by atoms with van der Waals surface area (Å²) in [6.45, 7) is 0.244. The van der Waals surface area contributed by atoms with Gasteiger partial charge in [-0.2, -0.15) is 0 Å². The van der Waals surface area contributed by atoms with Crippen molar-refractivity contribution in [3.8, 4) is 5.75 Å². The smallest absolute Gasteiger partial charge is 0.310 e. The van der Waals surface area contributed by atoms with E-state index in [1.807, 2.05) is 24.3 Å². The molecule has 0 N–H and O–H groups in total. The lowest BCUT2D eigenvalue weighted by Gasteiger charge is -2.21. The fourth-order valence-corrected chi connectivity index (χ4v) is 1.65. The van der Waals surface area contributed by atoms with Crippen LogP contribution in [-0.2, 0) is 20.9 Å². The molecule has 2 rings (SSSR count). The third-order valence-corrected chi connectivity index (χ3v) is 2.82. The molecule has 4 heteroatoms. The third kappa shape index (κ3) is 2.84. The van der Waals surface area contributed by atoms with Gasteiger partial charge in [-0.05, 0) is 17.7 Å². The van der Waals surface area contributed by atoms with E-state index in [2.05, 4.69) is 0 Å². The Balaban J connectivity index is 1.80. The number of carbonyl (C=O) groups is 2. The molecular weight excluding hydrogens is 220 g/mol. The number of hydrogen-bond donors (Lipinski definition) is 0. The van der Waals surface area contributed by atoms with Crippen LogP contribution in [0.3, 0.4) is 0 Å². The zero-order valence-electron chi connectivity index (χ0n) is 9.64. The van der Waals surface area contributed by atoms with Crippen LogP contribution >= 0.6 is 0 Å². The lowest BCUT2D eigenvalue weighted by Crippen LogP contribution is -2.31. The van der Waals surface area contributed by atoms with Crippen LogP contribution in [0.4, 0.5) is 0 Å². The number of esters is 1. The molecule has 1 aliphatic carbocycles. The van der Waals surface area contributed by atoms with Crippen molar-refractivity contribution in [2.75, 3.05) is 7.11 Å². The van der Waals surface area contributed by atoms with Crippen molar-refractivity contribution < 1.29 is 19.1 Å². The van der Waals surface area contributed by atoms with E-state index in [-0.39, 0.29) is 24.3 Å². The molecular formula is C13H14O4. The number of rotatable bonds is 4. The van der Waals surface area contributed by atoms with Crippen molar-refractivity contribution in [2.24, 2.45) is 5.92 Å². The Morgan fingerprint density at radius 3 is 2.47 bits per heavy atom. The van der Waals surface area contributed by atoms with Gasteiger partial charge in [0.2, 0.25) is 0 Å². The lowest BCUT2D eigenvalue weighted by atomic mass is 9.84. The molecule has 0 saturated heterocycles. The number of ketones is 1. The van der Waals surface area contributed by atoms with Crippen LogP contribution in [0.5, 0.6) is 5.75 Å². The normalized spacial score (nSPS) is 15.2. The van der Waals surface area contributed by atoms with E-state index in [4.69, 9.17) is 9.47 Å². The maximum atomic E-state index is 11.5. The predicted octanol–water partition coefficient (Wildman–Crippen LogP) is 1.72. The van der Waals surface area contributed by atoms with Gasteiger partial charge in [0.05, 0.1) is 13.0 Å². The highest BCUT2D eigenvalue weighted by molar-refractivity contribution is 5.94. The highest BCUT2D eigenvalue weighted by atomic mass is 16.5. The minimum atomic E-state index is -0.277. The molecule has 1 aliphatic rings. The summed E-state index contributed by atoms with van der Waals surface area (Å²) in [5.41, 5.74) is 0.907. The van der Waals surface area contributed by atoms with Gasteiger partial charge in [0, 0.05) is 12.8 Å². The van der Waals surface area contributed by atoms with Crippen LogP contribution in [0.1, 0.15) is 18.4 Å². The van der Waals surface area contributed by atoms with Gasteiger partial charge in [0.1, 0.15) is 18.1 Å². The Morgan fingerprint density at radius 2 is 1.94 bits per heavy atom. The standard InChI is InChI=1S/C13H14O4/c1-16-12-4-2-9(3-5-12)8-17-13(15)10-6-11(14)7-10/h2-5,10H,6-8H2,1H3. The van der Waals surface area contributed by atoms with Crippen molar-refractivity contribution in [2.45, 2.75) is 19.4 Å². The molecule has 1 aromatic carbocycles. The highest BCUT2D eigenvalue weighted by Crippen LogP contribution is 2.24. The van der Waals surface area contributed by atoms with E-state index in [9.17, 15) is 9.59 Å². The second kappa shape index (κ2) is 4.99. The molecule has 0 amide bonds. The Morgan fingerprint density at radius 1 is 1.29 bits per heavy atom. The van der Waals surface area contributed by atoms with Gasteiger partial charge in [-0.25, -0.2) is 0 Å². The van der Waals surface area contributed by atoms with E-state index < -0.39 is 0 Å². The molecule has 0 heterocycles. The van der Waals surface area contributed by atoms with Crippen LogP contribution in [0.15, 0.2) is 24.3 Å². The summed E-state index contributed by atoms with van der Waals surface area (Å²) < 4.78 is 10.1. The quantitative estimate of drug-likeness (QED) is 0.744. The molecule has 0 aliphatic heterocycles. The molecule has 17 heavy (non-hydrogen) atoms. The summed E-state index contributed by atoms with van der Waals surface area (Å²) >= 11 is 0. The zero-order valence-corrected chi connectivity index (χ0v) is 9.64. The average Bonchev–Trinajstić information content (AvgIpc) is 2.32. The fraction of sp³-hybridized carbons (Fsp3) is 0.385. The summed E-state index contributed by atoms with van der Waals surface area (Å²) in [4.78, 5) is 22.2. The summed E-state index contributed by atoms with van der Waals surface area (Å²) in [5, 5.41) is 0. The summed E-state index contributed by atoms with van der Waals surface area (Å²) in [5.74, 6) is 0.405. The van der Waals surface area contributed by atoms with Gasteiger partial charge in [-0.1, -0.05) is 12.1 Å². The van der Waals surface area contributed by atoms with Crippen molar-refractivity contribution in [3.63, 3.8) is 0 Å². The van der Waals surface area contributed by atoms with E-state index in [1.165, 1.54) is 0 Å². The van der Waals surface area contributed by atoms with Gasteiger partial charge in [0.15, 0.2) is 0 Å². The summed E-state index contributed by atoms with van der Waals surface area (Å²) in [6.07, 6.45) is 0.670. The Labute approximate surface area is 99.5 Å². The highest BCUT2D eigenvalue weighted by Gasteiger charge is 2.33. The molecule has 0 aromatic heterocycles. The first kappa shape index (κ1) is 11.6. The molecule has 0 atom stereocenters. The topological polar surface area (TPSA) is 52.6 Å². The molecule has 1 aromatic rings. The SMILES string of the molecule is COc1ccc(COC(=O)C2CC(=O)C2)cc1. The minimum absolute atomic E-state index is 0.136. The molecule has 0 spiro atoms. The van der Waals surface area contributed by atoms with Crippen molar-refractivity contribution >= 4 is 11.8 Å². The Bertz CT molecular complexity index is 414. The molecule has 0 unspecified atom stereocenters. The Kier molecular flexibility index (Phi) is 3.42. The predicted molar refractivity (Wildman–Crippen MR) is 60.5 cm³/mol. The molecule has 4 nitrogen and oxygen atoms in total. The van der Waals surface area contributed by atoms with Crippen LogP contribution in [0.2, 0.25) is 0 Å². The number of methoxy groups -OCH3 is 1. The summed E-state index contributed by atoms with van der Waals surface area (Å²) in [7, 11) is 1.60. The van der Waals surface area contributed by atoms with Crippen LogP contribution in [0, 0.1) is 5.92 Å². The van der Waals surface area contributed by atoms with Crippen LogP contribution in [0.25, 0.3) is 0 Å². The monoisotopic (exact) mass is 234 g/mol. The molecule has 1 saturated carbocycles. The first-order valence-corrected chi connectivity index (χ1v) is 5.50. The largest absolute Gasteiger partial charge is 0.497 e. The average molecular weight is 234 g/mol. The van der Waals surface area contributed by atoms with E-state index in [1.54, 1.807) is 7.11 Å². The van der Waals surface area contributed by atoms with Crippen LogP contribution < -0.4 is 4.74 Å². The number of hydrogen-bond acceptors (Lipinski definition) is 4. The van der Waals surface area contributed by atoms with E-state index in [0.717, 1.165) is 11.3 Å². The maximum Gasteiger partial charge on any atom is 0.310 e. The van der Waals surface area contributed by atoms with Gasteiger partial charge in [-0.15, -0.1) is 0 Å². The molecule has 90 valence electrons. The van der Waals surface area contributed by atoms with Gasteiger partial charge >= 0.3 is 5.97 Å². The zero-order chi connectivity index (χ0) is 12.3. The third-order valence-electron chi connectivity index (χ3n) is 2.82. The van der Waals surface area contributed by atoms with Crippen LogP contribution in [-0.4, -0.2) is 18.9 Å². The first-order valence-electron chi connectivity index (χ1n) is 5.50. The van der Waals surface area contributed by atoms with E-state index >= 15 is 0 Å². The maximum absolute atomic E-state index is 11.5. The Hall–Kier alpha value is -1.84. The van der Waals surface area contributed by atoms with Gasteiger partial charge in [-0.3, -0.25) is 9.59 Å². The van der Waals surface area contributed by atoms with Gasteiger partial charge in [0.25, 0.3) is 0 Å². The van der Waals surface area contributed by atoms with Crippen molar-refractivity contribution in [3.05, 3.63) is 29.8 Å². The molecule has 1 fully saturated rings. The second-order valence-corrected chi connectivity index (χ2v) is 4.10. The number of Topliss-reactive ketones (excluding diaryl/α,β-unsaturated/α-hetero) is 1. The fourth-order valence-electron chi connectivity index (χ4n) is 1.65. The number of ether oxygens (including phenoxy) is 2. The van der Waals surface area contributed by atoms with Crippen molar-refractivity contribution in [1.82, 2.24) is 0 Å². The minimum Gasteiger partial charge on any atom is -0.497 e. The first-order chi connectivity index (χ1) is 8.19. The molecule has 0 radical (unpaired) electrons. The lowest BCUT2D eigenvalue weighted by molar-refractivity contribution is -0.156. The van der Waals surface area contributed by atoms with Crippen molar-refractivity contribution in [1.29, 1.82) is 0 Å². The number of benzene rings is 1.